The van der Waals surface area contributed by atoms with Gasteiger partial charge in [0.25, 0.3) is 0 Å². The molecule has 2 bridgehead atoms. The number of carbonyl (C=O) groups is 1. The molecule has 3 atom stereocenters. The lowest BCUT2D eigenvalue weighted by Gasteiger charge is -2.33. The van der Waals surface area contributed by atoms with Crippen molar-refractivity contribution in [2.45, 2.75) is 42.3 Å². The van der Waals surface area contributed by atoms with Crippen molar-refractivity contribution in [1.29, 1.82) is 0 Å². The van der Waals surface area contributed by atoms with Crippen LogP contribution < -0.4 is 4.74 Å². The molecule has 0 saturated carbocycles. The first-order valence-corrected chi connectivity index (χ1v) is 7.69. The van der Waals surface area contributed by atoms with E-state index < -0.39 is 16.5 Å². The summed E-state index contributed by atoms with van der Waals surface area (Å²) in [4.78, 5) is 21.6. The number of nitrogens with zero attached hydrogens (tertiary/aromatic N) is 1. The number of thioether (sulfide) groups is 1. The summed E-state index contributed by atoms with van der Waals surface area (Å²) in [7, 11) is 0. The molecule has 3 unspecified atom stereocenters. The molecule has 0 aromatic heterocycles. The topological polar surface area (TPSA) is 89.7 Å². The largest absolute Gasteiger partial charge is 0.479 e. The normalized spacial score (nSPS) is 30.3. The van der Waals surface area contributed by atoms with E-state index in [4.69, 9.17) is 9.84 Å². The molecule has 1 aromatic rings. The fourth-order valence-electron chi connectivity index (χ4n) is 3.13. The third kappa shape index (κ3) is 2.46. The second-order valence-electron chi connectivity index (χ2n) is 5.69. The Labute approximate surface area is 125 Å². The van der Waals surface area contributed by atoms with E-state index in [0.717, 1.165) is 19.3 Å². The number of nitro benzene ring substituents is 1. The van der Waals surface area contributed by atoms with Gasteiger partial charge in [-0.25, -0.2) is 4.79 Å². The summed E-state index contributed by atoms with van der Waals surface area (Å²) in [5.41, 5.74) is -0.654. The molecule has 2 heterocycles. The number of aromatic carboxylic acids is 1. The first-order valence-electron chi connectivity index (χ1n) is 6.75. The molecule has 2 aliphatic rings. The highest BCUT2D eigenvalue weighted by Crippen LogP contribution is 2.53. The summed E-state index contributed by atoms with van der Waals surface area (Å²) < 4.78 is 5.95. The lowest BCUT2D eigenvalue weighted by atomic mass is 9.86. The van der Waals surface area contributed by atoms with Crippen LogP contribution in [0.4, 0.5) is 5.69 Å². The summed E-state index contributed by atoms with van der Waals surface area (Å²) in [5, 5.41) is 21.0. The van der Waals surface area contributed by atoms with Crippen LogP contribution in [0.1, 0.15) is 36.5 Å². The molecule has 0 aliphatic carbocycles. The Morgan fingerprint density at radius 1 is 1.52 bits per heavy atom. The van der Waals surface area contributed by atoms with E-state index in [2.05, 4.69) is 0 Å². The van der Waals surface area contributed by atoms with E-state index in [0.29, 0.717) is 10.5 Å². The summed E-state index contributed by atoms with van der Waals surface area (Å²) in [5.74, 6) is -1.07. The Balaban J connectivity index is 1.95. The molecule has 6 nitrogen and oxygen atoms in total. The first-order chi connectivity index (χ1) is 9.89. The van der Waals surface area contributed by atoms with Crippen molar-refractivity contribution in [3.05, 3.63) is 33.9 Å². The predicted molar refractivity (Wildman–Crippen MR) is 78.1 cm³/mol. The Hall–Kier alpha value is -1.76. The van der Waals surface area contributed by atoms with E-state index in [1.54, 1.807) is 0 Å². The smallest absolute Gasteiger partial charge is 0.335 e. The van der Waals surface area contributed by atoms with Crippen LogP contribution in [0.15, 0.2) is 18.2 Å². The number of carboxylic acids is 1. The van der Waals surface area contributed by atoms with Crippen molar-refractivity contribution in [1.82, 2.24) is 0 Å². The maximum absolute atomic E-state index is 11.1. The van der Waals surface area contributed by atoms with Gasteiger partial charge in [-0.1, -0.05) is 0 Å². The number of rotatable bonds is 4. The highest BCUT2D eigenvalue weighted by Gasteiger charge is 2.51. The molecule has 0 amide bonds. The van der Waals surface area contributed by atoms with Gasteiger partial charge in [0.2, 0.25) is 0 Å². The fourth-order valence-corrected chi connectivity index (χ4v) is 5.00. The van der Waals surface area contributed by atoms with Gasteiger partial charge in [-0.15, -0.1) is 0 Å². The number of fused-ring (bicyclic) bond motifs is 2. The average molecular weight is 309 g/mol. The first kappa shape index (κ1) is 14.2. The van der Waals surface area contributed by atoms with Crippen LogP contribution in [0, 0.1) is 10.1 Å². The molecule has 2 saturated heterocycles. The molecule has 112 valence electrons. The molecule has 1 N–H and O–H groups in total. The average Bonchev–Trinajstić information content (AvgIpc) is 2.97. The molecule has 21 heavy (non-hydrogen) atoms. The molecule has 2 aliphatic heterocycles. The summed E-state index contributed by atoms with van der Waals surface area (Å²) in [6.07, 6.45) is 3.04. The highest BCUT2D eigenvalue weighted by atomic mass is 32.2. The predicted octanol–water partition coefficient (Wildman–Crippen LogP) is 3.10. The zero-order valence-corrected chi connectivity index (χ0v) is 12.3. The van der Waals surface area contributed by atoms with Crippen LogP contribution in [-0.2, 0) is 0 Å². The summed E-state index contributed by atoms with van der Waals surface area (Å²) in [6, 6.07) is 3.68. The summed E-state index contributed by atoms with van der Waals surface area (Å²) >= 11 is 1.87. The quantitative estimate of drug-likeness (QED) is 0.679. The van der Waals surface area contributed by atoms with Crippen LogP contribution in [-0.4, -0.2) is 32.1 Å². The van der Waals surface area contributed by atoms with Crippen LogP contribution in [0.2, 0.25) is 0 Å². The van der Waals surface area contributed by atoms with Crippen LogP contribution in [0.3, 0.4) is 0 Å². The molecule has 2 fully saturated rings. The Bertz CT molecular complexity index is 619. The van der Waals surface area contributed by atoms with E-state index in [1.807, 2.05) is 18.7 Å². The zero-order valence-electron chi connectivity index (χ0n) is 11.4. The number of nitro groups is 1. The summed E-state index contributed by atoms with van der Waals surface area (Å²) in [6.45, 7) is 1.96. The van der Waals surface area contributed by atoms with E-state index in [1.165, 1.54) is 18.2 Å². The highest BCUT2D eigenvalue weighted by molar-refractivity contribution is 8.01. The van der Waals surface area contributed by atoms with Crippen LogP contribution >= 0.6 is 11.8 Å². The molecular formula is C14H15NO5S. The maximum atomic E-state index is 11.1. The van der Waals surface area contributed by atoms with Crippen molar-refractivity contribution in [3.8, 4) is 5.75 Å². The fraction of sp³-hybridized carbons (Fsp3) is 0.500. The molecule has 1 aromatic carbocycles. The van der Waals surface area contributed by atoms with Gasteiger partial charge in [-0.05, 0) is 32.3 Å². The molecule has 0 radical (unpaired) electrons. The monoisotopic (exact) mass is 309 g/mol. The zero-order chi connectivity index (χ0) is 15.2. The molecule has 7 heteroatoms. The van der Waals surface area contributed by atoms with Crippen LogP contribution in [0.5, 0.6) is 5.75 Å². The number of hydrogen-bond donors (Lipinski definition) is 1. The second-order valence-corrected chi connectivity index (χ2v) is 7.20. The van der Waals surface area contributed by atoms with E-state index >= 15 is 0 Å². The maximum Gasteiger partial charge on any atom is 0.335 e. The van der Waals surface area contributed by atoms with Gasteiger partial charge in [0.05, 0.1) is 10.5 Å². The minimum Gasteiger partial charge on any atom is -0.479 e. The van der Waals surface area contributed by atoms with Gasteiger partial charge in [0.15, 0.2) is 5.75 Å². The SMILES string of the molecule is CC1(Oc2cc(C(=O)O)ccc2[N+](=O)[O-])CC2CCC1S2. The standard InChI is InChI=1S/C14H15NO5S/c1-14(7-9-3-5-12(14)21-9)20-11-6-8(13(16)17)2-4-10(11)15(18)19/h2,4,6,9,12H,3,5,7H2,1H3,(H,16,17). The third-order valence-electron chi connectivity index (χ3n) is 4.17. The second kappa shape index (κ2) is 4.91. The number of ether oxygens (including phenoxy) is 1. The van der Waals surface area contributed by atoms with Gasteiger partial charge < -0.3 is 9.84 Å². The van der Waals surface area contributed by atoms with Gasteiger partial charge in [-0.3, -0.25) is 10.1 Å². The van der Waals surface area contributed by atoms with E-state index in [9.17, 15) is 14.9 Å². The Kier molecular flexibility index (Phi) is 3.32. The van der Waals surface area contributed by atoms with E-state index in [-0.39, 0.29) is 17.0 Å². The van der Waals surface area contributed by atoms with Gasteiger partial charge >= 0.3 is 11.7 Å². The minimum atomic E-state index is -1.12. The minimum absolute atomic E-state index is 0.00462. The van der Waals surface area contributed by atoms with Crippen molar-refractivity contribution in [2.75, 3.05) is 0 Å². The van der Waals surface area contributed by atoms with Crippen molar-refractivity contribution >= 4 is 23.4 Å². The molecular weight excluding hydrogens is 294 g/mol. The number of hydrogen-bond acceptors (Lipinski definition) is 5. The lowest BCUT2D eigenvalue weighted by molar-refractivity contribution is -0.386. The van der Waals surface area contributed by atoms with Gasteiger partial charge in [0.1, 0.15) is 5.60 Å². The van der Waals surface area contributed by atoms with Crippen molar-refractivity contribution < 1.29 is 19.6 Å². The number of carboxylic acid groups (broad SMARTS) is 1. The van der Waals surface area contributed by atoms with Crippen LogP contribution in [0.25, 0.3) is 0 Å². The molecule has 0 spiro atoms. The Morgan fingerprint density at radius 3 is 2.81 bits per heavy atom. The number of benzene rings is 1. The molecule has 3 rings (SSSR count). The van der Waals surface area contributed by atoms with Gasteiger partial charge in [-0.2, -0.15) is 11.8 Å². The van der Waals surface area contributed by atoms with Crippen molar-refractivity contribution in [3.63, 3.8) is 0 Å². The van der Waals surface area contributed by atoms with Crippen molar-refractivity contribution in [2.24, 2.45) is 0 Å². The Morgan fingerprint density at radius 2 is 2.29 bits per heavy atom. The van der Waals surface area contributed by atoms with Gasteiger partial charge in [0, 0.05) is 22.6 Å². The lowest BCUT2D eigenvalue weighted by Crippen LogP contribution is -2.41. The third-order valence-corrected chi connectivity index (χ3v) is 6.02.